The van der Waals surface area contributed by atoms with E-state index in [4.69, 9.17) is 5.73 Å². The lowest BCUT2D eigenvalue weighted by Gasteiger charge is -2.32. The minimum absolute atomic E-state index is 0.183. The van der Waals surface area contributed by atoms with Crippen LogP contribution in [0.2, 0.25) is 0 Å². The molecule has 1 aromatic rings. The number of likely N-dealkylation sites (N-methyl/N-ethyl adjacent to an activating group) is 1. The second-order valence-corrected chi connectivity index (χ2v) is 6.52. The maximum Gasteiger partial charge on any atom is 0.0682 e. The molecule has 4 heteroatoms. The highest BCUT2D eigenvalue weighted by Crippen LogP contribution is 2.40. The van der Waals surface area contributed by atoms with Gasteiger partial charge in [-0.15, -0.1) is 0 Å². The van der Waals surface area contributed by atoms with Gasteiger partial charge in [-0.3, -0.25) is 4.90 Å². The Balaban J connectivity index is 1.83. The number of nitrogens with zero attached hydrogens (tertiary/aromatic N) is 2. The maximum absolute atomic E-state index is 10.1. The normalized spacial score (nSPS) is 30.1. The number of rotatable bonds is 3. The molecule has 1 aliphatic carbocycles. The lowest BCUT2D eigenvalue weighted by Crippen LogP contribution is -2.39. The van der Waals surface area contributed by atoms with Crippen LogP contribution in [-0.2, 0) is 6.42 Å². The van der Waals surface area contributed by atoms with Crippen LogP contribution in [0.25, 0.3) is 0 Å². The summed E-state index contributed by atoms with van der Waals surface area (Å²) in [6.07, 6.45) is 2.96. The molecular weight excluding hydrogens is 250 g/mol. The number of fused-ring (bicyclic) bond motifs is 1. The lowest BCUT2D eigenvalue weighted by atomic mass is 10.1. The third-order valence-electron chi connectivity index (χ3n) is 4.62. The average Bonchev–Trinajstić information content (AvgIpc) is 2.91. The smallest absolute Gasteiger partial charge is 0.0682 e. The minimum atomic E-state index is -0.183. The topological polar surface area (TPSA) is 52.7 Å². The molecule has 1 aromatic carbocycles. The summed E-state index contributed by atoms with van der Waals surface area (Å²) in [4.78, 5) is 4.72. The number of β-amino-alcohol motifs (C(OH)–C–C–N with tert-alkyl or cyclic N) is 1. The molecule has 3 atom stereocenters. The van der Waals surface area contributed by atoms with E-state index >= 15 is 0 Å². The molecule has 2 aliphatic rings. The summed E-state index contributed by atoms with van der Waals surface area (Å²) in [6.45, 7) is 1.81. The minimum Gasteiger partial charge on any atom is -0.399 e. The second-order valence-electron chi connectivity index (χ2n) is 6.52. The highest BCUT2D eigenvalue weighted by atomic mass is 16.3. The highest BCUT2D eigenvalue weighted by Gasteiger charge is 2.38. The van der Waals surface area contributed by atoms with Gasteiger partial charge in [0.2, 0.25) is 0 Å². The number of hydrogen-bond acceptors (Lipinski definition) is 4. The SMILES string of the molecule is CN(C)CC1CC(O)CN1C1CCc2cc(N)ccc21. The quantitative estimate of drug-likeness (QED) is 0.815. The second kappa shape index (κ2) is 5.35. The number of nitrogen functional groups attached to an aromatic ring is 1. The number of likely N-dealkylation sites (tertiary alicyclic amines) is 1. The fraction of sp³-hybridized carbons (Fsp3) is 0.625. The zero-order valence-corrected chi connectivity index (χ0v) is 12.4. The predicted molar refractivity (Wildman–Crippen MR) is 81.6 cm³/mol. The Labute approximate surface area is 121 Å². The van der Waals surface area contributed by atoms with Gasteiger partial charge in [0, 0.05) is 30.9 Å². The van der Waals surface area contributed by atoms with E-state index in [1.165, 1.54) is 11.1 Å². The summed E-state index contributed by atoms with van der Waals surface area (Å²) in [5.74, 6) is 0. The Bertz CT molecular complexity index is 489. The fourth-order valence-electron chi connectivity index (χ4n) is 3.86. The summed E-state index contributed by atoms with van der Waals surface area (Å²) in [6, 6.07) is 7.20. The van der Waals surface area contributed by atoms with Crippen molar-refractivity contribution in [2.24, 2.45) is 0 Å². The Hall–Kier alpha value is -1.10. The molecule has 110 valence electrons. The van der Waals surface area contributed by atoms with Gasteiger partial charge >= 0.3 is 0 Å². The van der Waals surface area contributed by atoms with E-state index < -0.39 is 0 Å². The van der Waals surface area contributed by atoms with Crippen LogP contribution in [0, 0.1) is 0 Å². The van der Waals surface area contributed by atoms with Gasteiger partial charge in [-0.05, 0) is 56.6 Å². The van der Waals surface area contributed by atoms with Crippen molar-refractivity contribution in [3.63, 3.8) is 0 Å². The molecular formula is C16H25N3O. The molecule has 3 unspecified atom stereocenters. The molecule has 0 bridgehead atoms. The summed E-state index contributed by atoms with van der Waals surface area (Å²) >= 11 is 0. The maximum atomic E-state index is 10.1. The van der Waals surface area contributed by atoms with Gasteiger partial charge in [0.05, 0.1) is 6.10 Å². The third kappa shape index (κ3) is 2.55. The molecule has 3 N–H and O–H groups in total. The first-order chi connectivity index (χ1) is 9.54. The van der Waals surface area contributed by atoms with E-state index in [2.05, 4.69) is 36.0 Å². The first-order valence-corrected chi connectivity index (χ1v) is 7.51. The summed E-state index contributed by atoms with van der Waals surface area (Å²) in [5.41, 5.74) is 9.54. The molecule has 3 rings (SSSR count). The van der Waals surface area contributed by atoms with Crippen molar-refractivity contribution in [3.8, 4) is 0 Å². The van der Waals surface area contributed by atoms with Gasteiger partial charge in [-0.25, -0.2) is 0 Å². The number of aliphatic hydroxyl groups excluding tert-OH is 1. The van der Waals surface area contributed by atoms with Crippen LogP contribution in [0.1, 0.15) is 30.0 Å². The van der Waals surface area contributed by atoms with Crippen LogP contribution in [0.3, 0.4) is 0 Å². The largest absolute Gasteiger partial charge is 0.399 e. The van der Waals surface area contributed by atoms with E-state index in [1.807, 2.05) is 6.07 Å². The van der Waals surface area contributed by atoms with Gasteiger partial charge < -0.3 is 15.7 Å². The van der Waals surface area contributed by atoms with Gasteiger partial charge in [-0.1, -0.05) is 6.07 Å². The number of benzene rings is 1. The standard InChI is InChI=1S/C16H25N3O/c1-18(2)9-13-8-14(20)10-19(13)16-6-3-11-7-12(17)4-5-15(11)16/h4-5,7,13-14,16,20H,3,6,8-10,17H2,1-2H3. The first kappa shape index (κ1) is 13.9. The Kier molecular flexibility index (Phi) is 3.71. The van der Waals surface area contributed by atoms with Crippen LogP contribution in [0.15, 0.2) is 18.2 Å². The van der Waals surface area contributed by atoms with Crippen LogP contribution in [0.4, 0.5) is 5.69 Å². The number of aryl methyl sites for hydroxylation is 1. The van der Waals surface area contributed by atoms with E-state index in [0.29, 0.717) is 12.1 Å². The molecule has 1 saturated heterocycles. The van der Waals surface area contributed by atoms with Crippen molar-refractivity contribution >= 4 is 5.69 Å². The first-order valence-electron chi connectivity index (χ1n) is 7.51. The van der Waals surface area contributed by atoms with Crippen molar-refractivity contribution in [1.29, 1.82) is 0 Å². The van der Waals surface area contributed by atoms with Crippen LogP contribution < -0.4 is 5.73 Å². The fourth-order valence-corrected chi connectivity index (χ4v) is 3.86. The van der Waals surface area contributed by atoms with E-state index in [1.54, 1.807) is 0 Å². The van der Waals surface area contributed by atoms with E-state index in [-0.39, 0.29) is 6.10 Å². The lowest BCUT2D eigenvalue weighted by molar-refractivity contribution is 0.136. The number of hydrogen-bond donors (Lipinski definition) is 2. The third-order valence-corrected chi connectivity index (χ3v) is 4.62. The number of nitrogens with two attached hydrogens (primary N) is 1. The molecule has 1 heterocycles. The summed E-state index contributed by atoms with van der Waals surface area (Å²) < 4.78 is 0. The molecule has 0 amide bonds. The summed E-state index contributed by atoms with van der Waals surface area (Å²) in [5, 5.41) is 10.1. The molecule has 0 spiro atoms. The van der Waals surface area contributed by atoms with E-state index in [9.17, 15) is 5.11 Å². The molecule has 0 radical (unpaired) electrons. The zero-order chi connectivity index (χ0) is 14.3. The van der Waals surface area contributed by atoms with Crippen molar-refractivity contribution in [1.82, 2.24) is 9.80 Å². The van der Waals surface area contributed by atoms with Gasteiger partial charge in [-0.2, -0.15) is 0 Å². The molecule has 0 aromatic heterocycles. The van der Waals surface area contributed by atoms with Gasteiger partial charge in [0.1, 0.15) is 0 Å². The van der Waals surface area contributed by atoms with Crippen molar-refractivity contribution in [3.05, 3.63) is 29.3 Å². The zero-order valence-electron chi connectivity index (χ0n) is 12.4. The summed E-state index contributed by atoms with van der Waals surface area (Å²) in [7, 11) is 4.21. The molecule has 1 fully saturated rings. The molecule has 4 nitrogen and oxygen atoms in total. The highest BCUT2D eigenvalue weighted by molar-refractivity contribution is 5.47. The van der Waals surface area contributed by atoms with Crippen LogP contribution >= 0.6 is 0 Å². The van der Waals surface area contributed by atoms with Gasteiger partial charge in [0.15, 0.2) is 0 Å². The average molecular weight is 275 g/mol. The monoisotopic (exact) mass is 275 g/mol. The van der Waals surface area contributed by atoms with Gasteiger partial charge in [0.25, 0.3) is 0 Å². The Morgan fingerprint density at radius 1 is 1.40 bits per heavy atom. The van der Waals surface area contributed by atoms with Crippen LogP contribution in [-0.4, -0.2) is 54.2 Å². The Morgan fingerprint density at radius 2 is 2.20 bits per heavy atom. The number of anilines is 1. The molecule has 20 heavy (non-hydrogen) atoms. The van der Waals surface area contributed by atoms with Crippen molar-refractivity contribution in [2.75, 3.05) is 32.9 Å². The van der Waals surface area contributed by atoms with Crippen molar-refractivity contribution < 1.29 is 5.11 Å². The van der Waals surface area contributed by atoms with E-state index in [0.717, 1.165) is 38.0 Å². The molecule has 0 saturated carbocycles. The van der Waals surface area contributed by atoms with Crippen LogP contribution in [0.5, 0.6) is 0 Å². The predicted octanol–water partition coefficient (Wildman–Crippen LogP) is 1.25. The number of aliphatic hydroxyl groups is 1. The Morgan fingerprint density at radius 3 is 2.95 bits per heavy atom. The molecule has 1 aliphatic heterocycles. The van der Waals surface area contributed by atoms with Crippen molar-refractivity contribution in [2.45, 2.75) is 37.5 Å².